The molecule has 0 saturated heterocycles. The topological polar surface area (TPSA) is 174 Å². The van der Waals surface area contributed by atoms with Crippen molar-refractivity contribution in [2.45, 2.75) is 71.8 Å². The Bertz CT molecular complexity index is 1300. The zero-order chi connectivity index (χ0) is 29.0. The summed E-state index contributed by atoms with van der Waals surface area (Å²) in [4.78, 5) is 32.8. The highest BCUT2D eigenvalue weighted by Gasteiger charge is 2.62. The van der Waals surface area contributed by atoms with Crippen molar-refractivity contribution in [3.63, 3.8) is 0 Å². The Labute approximate surface area is 232 Å². The number of hydrogen-bond donors (Lipinski definition) is 2. The molecule has 3 fully saturated rings. The average Bonchev–Trinajstić information content (AvgIpc) is 3.18. The van der Waals surface area contributed by atoms with Gasteiger partial charge in [0, 0.05) is 28.5 Å². The molecule has 12 heteroatoms. The van der Waals surface area contributed by atoms with Gasteiger partial charge in [0.1, 0.15) is 5.69 Å². The second-order valence-electron chi connectivity index (χ2n) is 12.8. The second kappa shape index (κ2) is 10.2. The molecule has 1 aromatic carbocycles. The van der Waals surface area contributed by atoms with Crippen LogP contribution in [-0.4, -0.2) is 38.2 Å². The molecular weight excluding hydrogens is 518 g/mol. The third-order valence-electron chi connectivity index (χ3n) is 10.8. The molecule has 0 spiro atoms. The first-order valence-electron chi connectivity index (χ1n) is 14.1. The summed E-state index contributed by atoms with van der Waals surface area (Å²) in [5.74, 6) is 0.763. The fourth-order valence-electron chi connectivity index (χ4n) is 9.11. The molecule has 0 unspecified atom stereocenters. The van der Waals surface area contributed by atoms with E-state index in [4.69, 9.17) is 0 Å². The smallest absolute Gasteiger partial charge is 0.301 e. The first-order valence-corrected chi connectivity index (χ1v) is 14.1. The summed E-state index contributed by atoms with van der Waals surface area (Å²) < 4.78 is 0. The number of hydrazone groups is 1. The number of fused-ring (bicyclic) bond motifs is 5. The number of hydrogen-bond acceptors (Lipinski definition) is 9. The van der Waals surface area contributed by atoms with Crippen LogP contribution in [0.3, 0.4) is 0 Å². The molecule has 2 N–H and O–H groups in total. The minimum atomic E-state index is -0.695. The van der Waals surface area contributed by atoms with Gasteiger partial charge >= 0.3 is 5.69 Å². The van der Waals surface area contributed by atoms with Crippen molar-refractivity contribution in [2.75, 3.05) is 12.0 Å². The van der Waals surface area contributed by atoms with Crippen LogP contribution in [0.4, 0.5) is 17.1 Å². The van der Waals surface area contributed by atoms with Crippen LogP contribution in [0.15, 0.2) is 34.9 Å². The van der Waals surface area contributed by atoms with Gasteiger partial charge in [-0.25, -0.2) is 0 Å². The number of rotatable bonds is 7. The molecule has 0 aliphatic heterocycles. The Balaban J connectivity index is 1.45. The van der Waals surface area contributed by atoms with E-state index in [2.05, 4.69) is 30.5 Å². The highest BCUT2D eigenvalue weighted by Crippen LogP contribution is 2.67. The molecule has 0 aromatic heterocycles. The number of benzene rings is 1. The predicted molar refractivity (Wildman–Crippen MR) is 148 cm³/mol. The van der Waals surface area contributed by atoms with Crippen LogP contribution in [0.5, 0.6) is 0 Å². The van der Waals surface area contributed by atoms with Crippen molar-refractivity contribution in [3.05, 3.63) is 60.2 Å². The monoisotopic (exact) mass is 555 g/mol. The summed E-state index contributed by atoms with van der Waals surface area (Å²) in [5, 5.41) is 49.2. The normalized spacial score (nSPS) is 37.0. The van der Waals surface area contributed by atoms with E-state index in [1.807, 2.05) is 6.92 Å². The Morgan fingerprint density at radius 1 is 1.10 bits per heavy atom. The summed E-state index contributed by atoms with van der Waals surface area (Å²) in [6, 6.07) is 3.34. The number of anilines is 1. The third kappa shape index (κ3) is 4.65. The van der Waals surface area contributed by atoms with Gasteiger partial charge in [0.25, 0.3) is 5.69 Å². The van der Waals surface area contributed by atoms with Crippen LogP contribution in [0.2, 0.25) is 0 Å². The molecule has 3 saturated carbocycles. The van der Waals surface area contributed by atoms with E-state index in [1.54, 1.807) is 0 Å². The molecule has 4 aliphatic rings. The lowest BCUT2D eigenvalue weighted by molar-refractivity contribution is -0.489. The molecule has 4 aliphatic carbocycles. The SMILES string of the molecule is C/C(=N\Nc1ccc([N+](=O)[O-])cc1[N+](=O)[O-])[C@H]1[C@H](C[N+](=O)[O-])C[C@@H]2[C@@H]3CC=C4C[C@@H](O)CC[C@]4(C)[C@@H]3CC[C@@]21C. The van der Waals surface area contributed by atoms with Crippen molar-refractivity contribution in [3.8, 4) is 0 Å². The molecule has 12 nitrogen and oxygen atoms in total. The van der Waals surface area contributed by atoms with E-state index >= 15 is 0 Å². The molecule has 0 bridgehead atoms. The number of nitrogens with one attached hydrogen (secondary N) is 1. The van der Waals surface area contributed by atoms with Crippen LogP contribution in [0.1, 0.15) is 65.7 Å². The van der Waals surface area contributed by atoms with Crippen molar-refractivity contribution in [1.29, 1.82) is 0 Å². The fourth-order valence-corrected chi connectivity index (χ4v) is 9.11. The van der Waals surface area contributed by atoms with Gasteiger partial charge in [-0.3, -0.25) is 35.8 Å². The summed E-state index contributed by atoms with van der Waals surface area (Å²) in [5.41, 5.74) is 3.80. The number of nitro groups is 3. The predicted octanol–water partition coefficient (Wildman–Crippen LogP) is 5.73. The lowest BCUT2D eigenvalue weighted by Gasteiger charge is -2.58. The van der Waals surface area contributed by atoms with Crippen LogP contribution in [0.25, 0.3) is 0 Å². The van der Waals surface area contributed by atoms with E-state index in [0.717, 1.165) is 51.0 Å². The molecule has 0 radical (unpaired) electrons. The maximum absolute atomic E-state index is 11.8. The van der Waals surface area contributed by atoms with Gasteiger partial charge in [-0.1, -0.05) is 25.5 Å². The van der Waals surface area contributed by atoms with Gasteiger partial charge in [-0.15, -0.1) is 0 Å². The quantitative estimate of drug-likeness (QED) is 0.185. The Morgan fingerprint density at radius 3 is 2.52 bits per heavy atom. The maximum atomic E-state index is 11.8. The molecule has 0 heterocycles. The van der Waals surface area contributed by atoms with Crippen LogP contribution < -0.4 is 5.43 Å². The molecular formula is C28H37N5O7. The van der Waals surface area contributed by atoms with E-state index < -0.39 is 21.2 Å². The van der Waals surface area contributed by atoms with Crippen molar-refractivity contribution < 1.29 is 19.9 Å². The summed E-state index contributed by atoms with van der Waals surface area (Å²) >= 11 is 0. The van der Waals surface area contributed by atoms with Gasteiger partial charge in [-0.2, -0.15) is 5.10 Å². The number of aliphatic hydroxyl groups is 1. The van der Waals surface area contributed by atoms with Gasteiger partial charge in [-0.05, 0) is 86.5 Å². The lowest BCUT2D eigenvalue weighted by atomic mass is 9.47. The summed E-state index contributed by atoms with van der Waals surface area (Å²) in [6.45, 7) is 6.24. The highest BCUT2D eigenvalue weighted by molar-refractivity contribution is 5.87. The van der Waals surface area contributed by atoms with Crippen molar-refractivity contribution >= 4 is 22.8 Å². The molecule has 216 valence electrons. The van der Waals surface area contributed by atoms with Gasteiger partial charge in [0.05, 0.1) is 22.0 Å². The maximum Gasteiger partial charge on any atom is 0.301 e. The standard InChI is InChI=1S/C28H37N5O7/c1-16(29-30-24-7-5-19(32(37)38)14-25(24)33(39)40)26-17(15-31(35)36)12-23-21-6-4-18-13-20(34)8-10-27(18,2)22(21)9-11-28(23,26)3/h4-5,7,14,17,20-23,26,30,34H,6,8-13,15H2,1-3H3/b29-16+/t17-,20-,21+,22+,23+,26-,27-,28-/m0/s1. The van der Waals surface area contributed by atoms with Gasteiger partial charge < -0.3 is 5.11 Å². The fraction of sp³-hybridized carbons (Fsp3) is 0.679. The molecule has 8 atom stereocenters. The van der Waals surface area contributed by atoms with E-state index in [1.165, 1.54) is 17.7 Å². The summed E-state index contributed by atoms with van der Waals surface area (Å²) in [6.07, 6.45) is 8.14. The Kier molecular flexibility index (Phi) is 7.18. The first-order chi connectivity index (χ1) is 18.8. The Morgan fingerprint density at radius 2 is 1.85 bits per heavy atom. The largest absolute Gasteiger partial charge is 0.393 e. The molecule has 1 aromatic rings. The van der Waals surface area contributed by atoms with Crippen LogP contribution in [-0.2, 0) is 0 Å². The van der Waals surface area contributed by atoms with Gasteiger partial charge in [0.2, 0.25) is 6.54 Å². The number of aliphatic hydroxyl groups excluding tert-OH is 1. The third-order valence-corrected chi connectivity index (χ3v) is 10.8. The minimum absolute atomic E-state index is 0.0292. The van der Waals surface area contributed by atoms with Crippen LogP contribution in [0, 0.1) is 70.8 Å². The van der Waals surface area contributed by atoms with Crippen molar-refractivity contribution in [1.82, 2.24) is 0 Å². The van der Waals surface area contributed by atoms with Crippen LogP contribution >= 0.6 is 0 Å². The zero-order valence-corrected chi connectivity index (χ0v) is 23.1. The van der Waals surface area contributed by atoms with Gasteiger partial charge in [0.15, 0.2) is 0 Å². The number of nitro benzene ring substituents is 2. The minimum Gasteiger partial charge on any atom is -0.393 e. The molecule has 5 rings (SSSR count). The first kappa shape index (κ1) is 28.1. The molecule has 40 heavy (non-hydrogen) atoms. The number of nitrogens with zero attached hydrogens (tertiary/aromatic N) is 4. The number of non-ortho nitro benzene ring substituents is 1. The number of allylic oxidation sites excluding steroid dienone is 1. The van der Waals surface area contributed by atoms with E-state index in [9.17, 15) is 35.4 Å². The molecule has 0 amide bonds. The Hall–Kier alpha value is -3.41. The lowest BCUT2D eigenvalue weighted by Crippen LogP contribution is -2.51. The van der Waals surface area contributed by atoms with E-state index in [-0.39, 0.29) is 51.8 Å². The van der Waals surface area contributed by atoms with Crippen molar-refractivity contribution in [2.24, 2.45) is 45.5 Å². The average molecular weight is 556 g/mol. The second-order valence-corrected chi connectivity index (χ2v) is 12.8. The highest BCUT2D eigenvalue weighted by atomic mass is 16.6. The summed E-state index contributed by atoms with van der Waals surface area (Å²) in [7, 11) is 0. The van der Waals surface area contributed by atoms with E-state index in [0.29, 0.717) is 17.5 Å². The zero-order valence-electron chi connectivity index (χ0n) is 23.1.